The van der Waals surface area contributed by atoms with Crippen LogP contribution in [0.15, 0.2) is 24.3 Å². The molecule has 1 aromatic rings. The van der Waals surface area contributed by atoms with Crippen molar-refractivity contribution < 1.29 is 13.9 Å². The maximum absolute atomic E-state index is 13.0. The van der Waals surface area contributed by atoms with Crippen molar-refractivity contribution in [2.45, 2.75) is 37.5 Å². The predicted octanol–water partition coefficient (Wildman–Crippen LogP) is 2.25. The largest absolute Gasteiger partial charge is 0.346 e. The van der Waals surface area contributed by atoms with Gasteiger partial charge in [0.05, 0.1) is 19.3 Å². The molecule has 0 aromatic heterocycles. The lowest BCUT2D eigenvalue weighted by Crippen LogP contribution is -2.55. The third-order valence-electron chi connectivity index (χ3n) is 3.98. The Balaban J connectivity index is 1.77. The standard InChI is InChI=1S/C15H20FNO2/c16-13-6-4-12(5-7-13)11-15(18-9-10-19-15)14-3-1-2-8-17-14/h4-7,14,17H,1-3,8-11H2. The summed E-state index contributed by atoms with van der Waals surface area (Å²) in [6.45, 7) is 2.29. The van der Waals surface area contributed by atoms with Gasteiger partial charge in [0.25, 0.3) is 0 Å². The van der Waals surface area contributed by atoms with Gasteiger partial charge < -0.3 is 14.8 Å². The van der Waals surface area contributed by atoms with Gasteiger partial charge in [-0.2, -0.15) is 0 Å². The Kier molecular flexibility index (Phi) is 3.82. The van der Waals surface area contributed by atoms with Crippen molar-refractivity contribution in [3.8, 4) is 0 Å². The summed E-state index contributed by atoms with van der Waals surface area (Å²) in [5, 5.41) is 3.51. The molecule has 19 heavy (non-hydrogen) atoms. The number of hydrogen-bond donors (Lipinski definition) is 1. The Hall–Kier alpha value is -0.970. The summed E-state index contributed by atoms with van der Waals surface area (Å²) in [6.07, 6.45) is 4.16. The molecule has 1 aromatic carbocycles. The lowest BCUT2D eigenvalue weighted by molar-refractivity contribution is -0.182. The summed E-state index contributed by atoms with van der Waals surface area (Å²) in [5.41, 5.74) is 1.05. The number of halogens is 1. The van der Waals surface area contributed by atoms with E-state index in [1.165, 1.54) is 25.0 Å². The first-order valence-corrected chi connectivity index (χ1v) is 7.04. The van der Waals surface area contributed by atoms with E-state index >= 15 is 0 Å². The SMILES string of the molecule is Fc1ccc(CC2(C3CCCCN3)OCCO2)cc1. The van der Waals surface area contributed by atoms with Crippen molar-refractivity contribution in [3.63, 3.8) is 0 Å². The van der Waals surface area contributed by atoms with Crippen LogP contribution >= 0.6 is 0 Å². The summed E-state index contributed by atoms with van der Waals surface area (Å²) in [5.74, 6) is -0.778. The number of ether oxygens (including phenoxy) is 2. The predicted molar refractivity (Wildman–Crippen MR) is 70.4 cm³/mol. The van der Waals surface area contributed by atoms with Crippen molar-refractivity contribution >= 4 is 0 Å². The number of benzene rings is 1. The third-order valence-corrected chi connectivity index (χ3v) is 3.98. The molecule has 1 atom stereocenters. The average molecular weight is 265 g/mol. The van der Waals surface area contributed by atoms with Gasteiger partial charge in [-0.15, -0.1) is 0 Å². The molecule has 4 heteroatoms. The molecule has 1 N–H and O–H groups in total. The van der Waals surface area contributed by atoms with Gasteiger partial charge in [-0.1, -0.05) is 18.6 Å². The molecule has 0 saturated carbocycles. The van der Waals surface area contributed by atoms with Crippen molar-refractivity contribution in [3.05, 3.63) is 35.6 Å². The van der Waals surface area contributed by atoms with Gasteiger partial charge in [0.15, 0.2) is 5.79 Å². The zero-order chi connectivity index (χ0) is 13.1. The summed E-state index contributed by atoms with van der Waals surface area (Å²) < 4.78 is 24.8. The molecule has 0 radical (unpaired) electrons. The van der Waals surface area contributed by atoms with Crippen molar-refractivity contribution in [1.29, 1.82) is 0 Å². The highest BCUT2D eigenvalue weighted by Gasteiger charge is 2.44. The smallest absolute Gasteiger partial charge is 0.187 e. The lowest BCUT2D eigenvalue weighted by atomic mass is 9.92. The second kappa shape index (κ2) is 5.57. The molecular weight excluding hydrogens is 245 g/mol. The first-order valence-electron chi connectivity index (χ1n) is 7.04. The molecule has 2 saturated heterocycles. The minimum absolute atomic E-state index is 0.207. The van der Waals surface area contributed by atoms with Crippen molar-refractivity contribution in [2.24, 2.45) is 0 Å². The van der Waals surface area contributed by atoms with E-state index in [0.29, 0.717) is 19.6 Å². The van der Waals surface area contributed by atoms with Gasteiger partial charge in [-0.05, 0) is 37.1 Å². The monoisotopic (exact) mass is 265 g/mol. The first kappa shape index (κ1) is 13.0. The maximum atomic E-state index is 13.0. The fourth-order valence-corrected chi connectivity index (χ4v) is 3.01. The van der Waals surface area contributed by atoms with Gasteiger partial charge in [0.2, 0.25) is 0 Å². The molecule has 0 bridgehead atoms. The Morgan fingerprint density at radius 3 is 2.53 bits per heavy atom. The lowest BCUT2D eigenvalue weighted by Gasteiger charge is -2.38. The van der Waals surface area contributed by atoms with E-state index < -0.39 is 5.79 Å². The number of rotatable bonds is 3. The molecular formula is C15H20FNO2. The normalized spacial score (nSPS) is 26.5. The molecule has 3 nitrogen and oxygen atoms in total. The Morgan fingerprint density at radius 1 is 1.16 bits per heavy atom. The first-order chi connectivity index (χ1) is 9.28. The highest BCUT2D eigenvalue weighted by molar-refractivity contribution is 5.18. The van der Waals surface area contributed by atoms with Crippen LogP contribution in [0, 0.1) is 5.82 Å². The van der Waals surface area contributed by atoms with Crippen LogP contribution in [0.5, 0.6) is 0 Å². The van der Waals surface area contributed by atoms with Gasteiger partial charge in [0.1, 0.15) is 5.82 Å². The fourth-order valence-electron chi connectivity index (χ4n) is 3.01. The van der Waals surface area contributed by atoms with E-state index in [1.54, 1.807) is 0 Å². The molecule has 0 aliphatic carbocycles. The molecule has 104 valence electrons. The molecule has 3 rings (SSSR count). The van der Waals surface area contributed by atoms with E-state index in [-0.39, 0.29) is 11.9 Å². The van der Waals surface area contributed by atoms with Crippen LogP contribution < -0.4 is 5.32 Å². The van der Waals surface area contributed by atoms with Gasteiger partial charge in [-0.3, -0.25) is 0 Å². The van der Waals surface area contributed by atoms with E-state index in [1.807, 2.05) is 12.1 Å². The highest BCUT2D eigenvalue weighted by atomic mass is 19.1. The van der Waals surface area contributed by atoms with Crippen LogP contribution in [0.4, 0.5) is 4.39 Å². The van der Waals surface area contributed by atoms with Crippen LogP contribution in [-0.4, -0.2) is 31.6 Å². The number of nitrogens with one attached hydrogen (secondary N) is 1. The molecule has 2 fully saturated rings. The highest BCUT2D eigenvalue weighted by Crippen LogP contribution is 2.32. The van der Waals surface area contributed by atoms with E-state index in [9.17, 15) is 4.39 Å². The molecule has 0 amide bonds. The third kappa shape index (κ3) is 2.81. The fraction of sp³-hybridized carbons (Fsp3) is 0.600. The van der Waals surface area contributed by atoms with Crippen LogP contribution in [-0.2, 0) is 15.9 Å². The number of piperidine rings is 1. The molecule has 2 aliphatic heterocycles. The van der Waals surface area contributed by atoms with Crippen LogP contribution in [0.25, 0.3) is 0 Å². The second-order valence-corrected chi connectivity index (χ2v) is 5.31. The summed E-state index contributed by atoms with van der Waals surface area (Å²) >= 11 is 0. The van der Waals surface area contributed by atoms with Crippen molar-refractivity contribution in [2.75, 3.05) is 19.8 Å². The number of hydrogen-bond acceptors (Lipinski definition) is 3. The Bertz CT molecular complexity index is 409. The summed E-state index contributed by atoms with van der Waals surface area (Å²) in [4.78, 5) is 0. The minimum Gasteiger partial charge on any atom is -0.346 e. The molecule has 0 spiro atoms. The van der Waals surface area contributed by atoms with Gasteiger partial charge in [0, 0.05) is 6.42 Å². The van der Waals surface area contributed by atoms with Crippen LogP contribution in [0.3, 0.4) is 0 Å². The Labute approximate surface area is 113 Å². The zero-order valence-corrected chi connectivity index (χ0v) is 11.0. The summed E-state index contributed by atoms with van der Waals surface area (Å²) in [7, 11) is 0. The van der Waals surface area contributed by atoms with E-state index in [2.05, 4.69) is 5.32 Å². The topological polar surface area (TPSA) is 30.5 Å². The van der Waals surface area contributed by atoms with Crippen molar-refractivity contribution in [1.82, 2.24) is 5.32 Å². The molecule has 2 heterocycles. The van der Waals surface area contributed by atoms with E-state index in [0.717, 1.165) is 18.5 Å². The zero-order valence-electron chi connectivity index (χ0n) is 11.0. The molecule has 1 unspecified atom stereocenters. The summed E-state index contributed by atoms with van der Waals surface area (Å²) in [6, 6.07) is 6.84. The molecule has 2 aliphatic rings. The maximum Gasteiger partial charge on any atom is 0.187 e. The van der Waals surface area contributed by atoms with E-state index in [4.69, 9.17) is 9.47 Å². The quantitative estimate of drug-likeness (QED) is 0.909. The minimum atomic E-state index is -0.571. The van der Waals surface area contributed by atoms with Crippen LogP contribution in [0.2, 0.25) is 0 Å². The Morgan fingerprint density at radius 2 is 1.89 bits per heavy atom. The van der Waals surface area contributed by atoms with Gasteiger partial charge >= 0.3 is 0 Å². The average Bonchev–Trinajstić information content (AvgIpc) is 2.92. The van der Waals surface area contributed by atoms with Crippen LogP contribution in [0.1, 0.15) is 24.8 Å². The second-order valence-electron chi connectivity index (χ2n) is 5.31. The van der Waals surface area contributed by atoms with Gasteiger partial charge in [-0.25, -0.2) is 4.39 Å².